The number of aliphatic hydroxyl groups excluding tert-OH is 1. The van der Waals surface area contributed by atoms with Crippen molar-refractivity contribution in [2.24, 2.45) is 11.3 Å². The SMILES string of the molecule is COC(=O)[C@@H](C)Cc1cccc(C(C)(CCCC(C)(C)CS(=O)(=O)CCO)c2c[nH]c(-c3cc(Oc4c(F)cc5[nH]ccc5c4Br)ccc3F)n2)c1. The Morgan fingerprint density at radius 2 is 1.81 bits per heavy atom. The third kappa shape index (κ3) is 8.92. The molecule has 0 amide bonds. The lowest BCUT2D eigenvalue weighted by Crippen LogP contribution is -2.29. The van der Waals surface area contributed by atoms with E-state index >= 15 is 8.78 Å². The fourth-order valence-corrected chi connectivity index (χ4v) is 9.09. The van der Waals surface area contributed by atoms with E-state index in [1.807, 2.05) is 52.0 Å². The Balaban J connectivity index is 1.47. The van der Waals surface area contributed by atoms with Crippen molar-refractivity contribution < 1.29 is 36.6 Å². The molecule has 0 bridgehead atoms. The zero-order chi connectivity index (χ0) is 37.8. The number of fused-ring (bicyclic) bond motifs is 1. The highest BCUT2D eigenvalue weighted by Crippen LogP contribution is 2.41. The molecule has 52 heavy (non-hydrogen) atoms. The standard InChI is InChI=1S/C39H44BrF2N3O6S/c1-24(37(47)50-5)18-25-8-6-9-26(19-25)39(4,14-7-13-38(2,3)23-52(48,49)17-16-46)33-22-44-36(45-33)29-20-27(10-11-30(29)41)51-35-31(42)21-32-28(34(35)40)12-15-43-32/h6,8-12,15,19-22,24,43,46H,7,13-14,16-18,23H2,1-5H3,(H,44,45)/t24-,39?/m0/s1. The number of hydrogen-bond acceptors (Lipinski definition) is 7. The van der Waals surface area contributed by atoms with Crippen LogP contribution in [0.15, 0.2) is 71.5 Å². The second-order valence-electron chi connectivity index (χ2n) is 14.3. The summed E-state index contributed by atoms with van der Waals surface area (Å²) in [4.78, 5) is 23.2. The number of methoxy groups -OCH3 is 1. The minimum atomic E-state index is -3.43. The minimum absolute atomic E-state index is 0.0362. The van der Waals surface area contributed by atoms with Gasteiger partial charge in [-0.2, -0.15) is 0 Å². The molecule has 1 unspecified atom stereocenters. The lowest BCUT2D eigenvalue weighted by Gasteiger charge is -2.31. The summed E-state index contributed by atoms with van der Waals surface area (Å²) in [6, 6.07) is 15.1. The van der Waals surface area contributed by atoms with Crippen molar-refractivity contribution in [2.45, 2.75) is 58.8 Å². The summed E-state index contributed by atoms with van der Waals surface area (Å²) < 4.78 is 66.9. The summed E-state index contributed by atoms with van der Waals surface area (Å²) in [7, 11) is -2.07. The quantitative estimate of drug-likeness (QED) is 0.0851. The van der Waals surface area contributed by atoms with Crippen LogP contribution in [0.1, 0.15) is 63.8 Å². The van der Waals surface area contributed by atoms with Gasteiger partial charge in [0.25, 0.3) is 0 Å². The Bertz CT molecular complexity index is 2170. The number of nitrogens with one attached hydrogen (secondary N) is 2. The van der Waals surface area contributed by atoms with Gasteiger partial charge in [0.15, 0.2) is 21.4 Å². The summed E-state index contributed by atoms with van der Waals surface area (Å²) in [6.45, 7) is 7.23. The first kappa shape index (κ1) is 39.1. The van der Waals surface area contributed by atoms with Crippen LogP contribution in [0.25, 0.3) is 22.3 Å². The largest absolute Gasteiger partial charge is 0.469 e. The van der Waals surface area contributed by atoms with Gasteiger partial charge in [-0.15, -0.1) is 0 Å². The van der Waals surface area contributed by atoms with Crippen LogP contribution in [0.2, 0.25) is 0 Å². The Morgan fingerprint density at radius 3 is 2.54 bits per heavy atom. The van der Waals surface area contributed by atoms with Crippen molar-refractivity contribution in [3.05, 3.63) is 99.9 Å². The molecule has 0 fully saturated rings. The average Bonchev–Trinajstić information content (AvgIpc) is 3.77. The topological polar surface area (TPSA) is 134 Å². The molecular formula is C39H44BrF2N3O6S. The number of imidazole rings is 1. The van der Waals surface area contributed by atoms with E-state index in [2.05, 4.69) is 25.9 Å². The second-order valence-corrected chi connectivity index (χ2v) is 17.3. The van der Waals surface area contributed by atoms with Gasteiger partial charge in [0.1, 0.15) is 17.4 Å². The third-order valence-electron chi connectivity index (χ3n) is 9.51. The van der Waals surface area contributed by atoms with Crippen molar-refractivity contribution >= 4 is 42.6 Å². The summed E-state index contributed by atoms with van der Waals surface area (Å²) in [5.74, 6) is -1.74. The second kappa shape index (κ2) is 15.9. The number of hydrogen-bond donors (Lipinski definition) is 3. The molecule has 13 heteroatoms. The first-order valence-electron chi connectivity index (χ1n) is 17.0. The molecule has 0 aliphatic heterocycles. The van der Waals surface area contributed by atoms with Crippen molar-refractivity contribution in [3.8, 4) is 22.9 Å². The number of halogens is 3. The van der Waals surface area contributed by atoms with Crippen LogP contribution in [0.5, 0.6) is 11.5 Å². The first-order valence-corrected chi connectivity index (χ1v) is 19.6. The van der Waals surface area contributed by atoms with E-state index in [4.69, 9.17) is 14.5 Å². The predicted octanol–water partition coefficient (Wildman–Crippen LogP) is 8.65. The van der Waals surface area contributed by atoms with Gasteiger partial charge in [0.05, 0.1) is 46.9 Å². The molecule has 2 atom stereocenters. The van der Waals surface area contributed by atoms with Crippen molar-refractivity contribution in [1.29, 1.82) is 0 Å². The van der Waals surface area contributed by atoms with Gasteiger partial charge in [-0.05, 0) is 82.9 Å². The van der Waals surface area contributed by atoms with Crippen LogP contribution in [-0.2, 0) is 31.2 Å². The Morgan fingerprint density at radius 1 is 1.04 bits per heavy atom. The van der Waals surface area contributed by atoms with Gasteiger partial charge in [-0.1, -0.05) is 51.5 Å². The van der Waals surface area contributed by atoms with Crippen LogP contribution in [-0.4, -0.2) is 59.7 Å². The number of aliphatic hydroxyl groups is 1. The van der Waals surface area contributed by atoms with Gasteiger partial charge in [-0.25, -0.2) is 22.2 Å². The highest BCUT2D eigenvalue weighted by Gasteiger charge is 2.34. The molecule has 0 saturated carbocycles. The maximum Gasteiger partial charge on any atom is 0.308 e. The molecule has 9 nitrogen and oxygen atoms in total. The minimum Gasteiger partial charge on any atom is -0.469 e. The molecule has 3 N–H and O–H groups in total. The van der Waals surface area contributed by atoms with Crippen LogP contribution < -0.4 is 4.74 Å². The third-order valence-corrected chi connectivity index (χ3v) is 12.3. The van der Waals surface area contributed by atoms with E-state index in [-0.39, 0.29) is 46.3 Å². The number of nitrogens with zero attached hydrogens (tertiary/aromatic N) is 1. The number of sulfone groups is 1. The lowest BCUT2D eigenvalue weighted by molar-refractivity contribution is -0.144. The summed E-state index contributed by atoms with van der Waals surface area (Å²) in [6.07, 6.45) is 5.67. The van der Waals surface area contributed by atoms with E-state index in [0.717, 1.165) is 16.5 Å². The Hall–Kier alpha value is -4.07. The van der Waals surface area contributed by atoms with E-state index in [9.17, 15) is 18.3 Å². The number of carbonyl (C=O) groups is 1. The van der Waals surface area contributed by atoms with E-state index in [1.54, 1.807) is 18.5 Å². The van der Waals surface area contributed by atoms with Gasteiger partial charge >= 0.3 is 5.97 Å². The van der Waals surface area contributed by atoms with Crippen molar-refractivity contribution in [2.75, 3.05) is 25.2 Å². The van der Waals surface area contributed by atoms with Gasteiger partial charge in [0.2, 0.25) is 0 Å². The number of carbonyl (C=O) groups excluding carboxylic acids is 1. The maximum absolute atomic E-state index is 15.4. The molecule has 0 aliphatic carbocycles. The summed E-state index contributed by atoms with van der Waals surface area (Å²) >= 11 is 3.44. The normalized spacial score (nSPS) is 13.9. The van der Waals surface area contributed by atoms with Gasteiger partial charge in [-0.3, -0.25) is 4.79 Å². The van der Waals surface area contributed by atoms with Crippen LogP contribution >= 0.6 is 15.9 Å². The van der Waals surface area contributed by atoms with Gasteiger partial charge < -0.3 is 24.5 Å². The maximum atomic E-state index is 15.4. The monoisotopic (exact) mass is 799 g/mol. The fraction of sp³-hybridized carbons (Fsp3) is 0.385. The number of benzene rings is 3. The molecule has 5 aromatic rings. The number of aromatic amines is 2. The molecular weight excluding hydrogens is 756 g/mol. The number of ether oxygens (including phenoxy) is 2. The summed E-state index contributed by atoms with van der Waals surface area (Å²) in [5, 5.41) is 9.95. The number of esters is 1. The van der Waals surface area contributed by atoms with Crippen molar-refractivity contribution in [3.63, 3.8) is 0 Å². The predicted molar refractivity (Wildman–Crippen MR) is 201 cm³/mol. The number of rotatable bonds is 16. The zero-order valence-electron chi connectivity index (χ0n) is 29.9. The molecule has 2 aromatic heterocycles. The highest BCUT2D eigenvalue weighted by atomic mass is 79.9. The first-order chi connectivity index (χ1) is 24.6. The molecule has 0 saturated heterocycles. The Labute approximate surface area is 311 Å². The van der Waals surface area contributed by atoms with E-state index < -0.39 is 38.9 Å². The molecule has 5 rings (SSSR count). The van der Waals surface area contributed by atoms with Crippen LogP contribution in [0, 0.1) is 23.0 Å². The highest BCUT2D eigenvalue weighted by molar-refractivity contribution is 9.10. The molecule has 0 radical (unpaired) electrons. The van der Waals surface area contributed by atoms with Crippen LogP contribution in [0.3, 0.4) is 0 Å². The van der Waals surface area contributed by atoms with E-state index in [0.29, 0.717) is 41.4 Å². The molecule has 0 spiro atoms. The zero-order valence-corrected chi connectivity index (χ0v) is 32.3. The molecule has 2 heterocycles. The summed E-state index contributed by atoms with van der Waals surface area (Å²) in [5.41, 5.74) is 1.94. The van der Waals surface area contributed by atoms with E-state index in [1.165, 1.54) is 31.4 Å². The van der Waals surface area contributed by atoms with Gasteiger partial charge in [0, 0.05) is 34.8 Å². The van der Waals surface area contributed by atoms with Crippen molar-refractivity contribution in [1.82, 2.24) is 15.0 Å². The smallest absolute Gasteiger partial charge is 0.308 e. The number of aromatic nitrogens is 3. The fourth-order valence-electron chi connectivity index (χ4n) is 6.71. The van der Waals surface area contributed by atoms with Crippen LogP contribution in [0.4, 0.5) is 8.78 Å². The average molecular weight is 801 g/mol. The Kier molecular flexibility index (Phi) is 12.0. The molecule has 0 aliphatic rings. The molecule has 3 aromatic carbocycles. The molecule has 278 valence electrons. The lowest BCUT2D eigenvalue weighted by atomic mass is 9.73. The number of H-pyrrole nitrogens is 2.